The zero-order chi connectivity index (χ0) is 15.6. The number of hydrogen-bond donors (Lipinski definition) is 1. The largest absolute Gasteiger partial charge is 0.481 e. The van der Waals surface area contributed by atoms with Crippen molar-refractivity contribution in [2.24, 2.45) is 0 Å². The molecule has 0 atom stereocenters. The van der Waals surface area contributed by atoms with Crippen molar-refractivity contribution >= 4 is 21.9 Å². The maximum atomic E-state index is 10.2. The molecular formula is C18H17BrO2. The fraction of sp³-hybridized carbons (Fsp3) is 0.278. The quantitative estimate of drug-likeness (QED) is 0.582. The second kappa shape index (κ2) is 15.9. The van der Waals surface area contributed by atoms with E-state index in [0.717, 1.165) is 12.8 Å². The number of hydrogen-bond acceptors (Lipinski definition) is 1. The molecule has 0 rings (SSSR count). The lowest BCUT2D eigenvalue weighted by atomic mass is 10.2. The Morgan fingerprint density at radius 1 is 1.00 bits per heavy atom. The Kier molecular flexibility index (Phi) is 14.3. The van der Waals surface area contributed by atoms with E-state index in [1.807, 2.05) is 18.2 Å². The molecular weight excluding hydrogens is 328 g/mol. The van der Waals surface area contributed by atoms with Crippen LogP contribution >= 0.6 is 15.9 Å². The zero-order valence-corrected chi connectivity index (χ0v) is 13.3. The Hall–Kier alpha value is -2.15. The normalized spacial score (nSPS) is 9.76. The van der Waals surface area contributed by atoms with Gasteiger partial charge in [-0.25, -0.2) is 0 Å². The fourth-order valence-corrected chi connectivity index (χ4v) is 1.25. The van der Waals surface area contributed by atoms with Gasteiger partial charge < -0.3 is 5.11 Å². The SMILES string of the molecule is O=C(O)CCCC#CC#C/C=C\CC/C=C\C#C/C=C/Br. The molecule has 0 aliphatic carbocycles. The van der Waals surface area contributed by atoms with Crippen LogP contribution in [0.15, 0.2) is 35.4 Å². The van der Waals surface area contributed by atoms with Crippen molar-refractivity contribution < 1.29 is 9.90 Å². The van der Waals surface area contributed by atoms with Crippen molar-refractivity contribution in [3.63, 3.8) is 0 Å². The molecule has 0 radical (unpaired) electrons. The average molecular weight is 345 g/mol. The number of aliphatic carboxylic acids is 1. The number of allylic oxidation sites excluding steroid dienone is 5. The average Bonchev–Trinajstić information content (AvgIpc) is 2.46. The number of carboxylic acid groups (broad SMARTS) is 1. The Bertz CT molecular complexity index is 564. The third-order valence-electron chi connectivity index (χ3n) is 2.05. The van der Waals surface area contributed by atoms with Gasteiger partial charge in [-0.1, -0.05) is 51.8 Å². The van der Waals surface area contributed by atoms with Crippen LogP contribution in [0.4, 0.5) is 0 Å². The summed E-state index contributed by atoms with van der Waals surface area (Å²) < 4.78 is 0. The number of rotatable bonds is 6. The van der Waals surface area contributed by atoms with Crippen molar-refractivity contribution in [3.05, 3.63) is 35.4 Å². The first-order valence-corrected chi connectivity index (χ1v) is 7.45. The van der Waals surface area contributed by atoms with Gasteiger partial charge in [0, 0.05) is 12.8 Å². The van der Waals surface area contributed by atoms with E-state index in [4.69, 9.17) is 5.11 Å². The van der Waals surface area contributed by atoms with E-state index < -0.39 is 5.97 Å². The highest BCUT2D eigenvalue weighted by molar-refractivity contribution is 9.11. The monoisotopic (exact) mass is 344 g/mol. The summed E-state index contributed by atoms with van der Waals surface area (Å²) in [5.74, 6) is 15.9. The van der Waals surface area contributed by atoms with E-state index in [9.17, 15) is 4.79 Å². The smallest absolute Gasteiger partial charge is 0.303 e. The van der Waals surface area contributed by atoms with Gasteiger partial charge in [0.05, 0.1) is 0 Å². The van der Waals surface area contributed by atoms with Crippen LogP contribution in [0.2, 0.25) is 0 Å². The van der Waals surface area contributed by atoms with Crippen molar-refractivity contribution in [2.45, 2.75) is 32.1 Å². The zero-order valence-electron chi connectivity index (χ0n) is 11.7. The van der Waals surface area contributed by atoms with Crippen LogP contribution in [-0.4, -0.2) is 11.1 Å². The summed E-state index contributed by atoms with van der Waals surface area (Å²) >= 11 is 3.13. The third-order valence-corrected chi connectivity index (χ3v) is 2.31. The van der Waals surface area contributed by atoms with Crippen LogP contribution < -0.4 is 0 Å². The van der Waals surface area contributed by atoms with E-state index in [2.05, 4.69) is 51.5 Å². The van der Waals surface area contributed by atoms with Gasteiger partial charge in [-0.2, -0.15) is 0 Å². The highest BCUT2D eigenvalue weighted by Crippen LogP contribution is 1.93. The summed E-state index contributed by atoms with van der Waals surface area (Å²) in [6.07, 6.45) is 12.5. The second-order valence-corrected chi connectivity index (χ2v) is 4.31. The molecule has 0 unspecified atom stereocenters. The van der Waals surface area contributed by atoms with Crippen LogP contribution in [-0.2, 0) is 4.79 Å². The lowest BCUT2D eigenvalue weighted by Crippen LogP contribution is -1.92. The number of carboxylic acids is 1. The first kappa shape index (κ1) is 18.9. The summed E-state index contributed by atoms with van der Waals surface area (Å²) in [7, 11) is 0. The minimum Gasteiger partial charge on any atom is -0.481 e. The number of carbonyl (C=O) groups is 1. The molecule has 0 aromatic rings. The van der Waals surface area contributed by atoms with Gasteiger partial charge in [-0.15, -0.1) is 0 Å². The number of halogens is 1. The second-order valence-electron chi connectivity index (χ2n) is 3.78. The molecule has 0 aromatic carbocycles. The molecule has 0 aromatic heterocycles. The predicted octanol–water partition coefficient (Wildman–Crippen LogP) is 4.05. The van der Waals surface area contributed by atoms with Gasteiger partial charge in [-0.05, 0) is 54.3 Å². The Labute approximate surface area is 135 Å². The Balaban J connectivity index is 3.70. The highest BCUT2D eigenvalue weighted by Gasteiger charge is 1.92. The minimum absolute atomic E-state index is 0.159. The summed E-state index contributed by atoms with van der Waals surface area (Å²) in [4.78, 5) is 12.0. The Morgan fingerprint density at radius 2 is 1.67 bits per heavy atom. The number of unbranched alkanes of at least 4 members (excludes halogenated alkanes) is 2. The molecule has 0 aliphatic rings. The van der Waals surface area contributed by atoms with Gasteiger partial charge >= 0.3 is 5.97 Å². The van der Waals surface area contributed by atoms with E-state index in [0.29, 0.717) is 12.8 Å². The lowest BCUT2D eigenvalue weighted by molar-refractivity contribution is -0.137. The van der Waals surface area contributed by atoms with Crippen molar-refractivity contribution in [2.75, 3.05) is 0 Å². The van der Waals surface area contributed by atoms with Crippen molar-refractivity contribution in [1.82, 2.24) is 0 Å². The molecule has 3 heteroatoms. The maximum Gasteiger partial charge on any atom is 0.303 e. The Morgan fingerprint density at radius 3 is 2.33 bits per heavy atom. The fourth-order valence-electron chi connectivity index (χ4n) is 1.12. The van der Waals surface area contributed by atoms with Crippen LogP contribution in [0.25, 0.3) is 0 Å². The molecule has 0 bridgehead atoms. The molecule has 2 nitrogen and oxygen atoms in total. The summed E-state index contributed by atoms with van der Waals surface area (Å²) in [5, 5.41) is 8.43. The lowest BCUT2D eigenvalue weighted by Gasteiger charge is -1.86. The summed E-state index contributed by atoms with van der Waals surface area (Å²) in [6, 6.07) is 0. The predicted molar refractivity (Wildman–Crippen MR) is 90.4 cm³/mol. The first-order valence-electron chi connectivity index (χ1n) is 6.54. The van der Waals surface area contributed by atoms with Crippen LogP contribution in [0.1, 0.15) is 32.1 Å². The molecule has 21 heavy (non-hydrogen) atoms. The van der Waals surface area contributed by atoms with Crippen LogP contribution in [0, 0.1) is 35.5 Å². The highest BCUT2D eigenvalue weighted by atomic mass is 79.9. The molecule has 0 saturated heterocycles. The van der Waals surface area contributed by atoms with E-state index >= 15 is 0 Å². The minimum atomic E-state index is -0.787. The van der Waals surface area contributed by atoms with Gasteiger partial charge in [0.2, 0.25) is 0 Å². The molecule has 108 valence electrons. The van der Waals surface area contributed by atoms with E-state index in [-0.39, 0.29) is 6.42 Å². The third kappa shape index (κ3) is 17.9. The van der Waals surface area contributed by atoms with Crippen molar-refractivity contribution in [1.29, 1.82) is 0 Å². The molecule has 1 N–H and O–H groups in total. The molecule has 0 spiro atoms. The standard InChI is InChI=1S/C18H17BrO2/c19-17-15-13-11-9-7-5-3-1-2-4-6-8-10-12-14-16-18(20)21/h1-2,7,9,15,17H,3,5,12,14,16H2,(H,20,21)/b2-1-,9-7-,17-15+. The molecule has 0 amide bonds. The van der Waals surface area contributed by atoms with Gasteiger partial charge in [-0.3, -0.25) is 4.79 Å². The van der Waals surface area contributed by atoms with E-state index in [1.54, 1.807) is 17.1 Å². The molecule has 0 aliphatic heterocycles. The molecule has 0 saturated carbocycles. The molecule has 0 heterocycles. The summed E-state index contributed by atoms with van der Waals surface area (Å²) in [5.41, 5.74) is 0. The van der Waals surface area contributed by atoms with Gasteiger partial charge in [0.1, 0.15) is 0 Å². The van der Waals surface area contributed by atoms with Gasteiger partial charge in [0.25, 0.3) is 0 Å². The first-order chi connectivity index (χ1) is 10.3. The summed E-state index contributed by atoms with van der Waals surface area (Å²) in [6.45, 7) is 0. The van der Waals surface area contributed by atoms with Crippen LogP contribution in [0.5, 0.6) is 0 Å². The maximum absolute atomic E-state index is 10.2. The van der Waals surface area contributed by atoms with Gasteiger partial charge in [0.15, 0.2) is 0 Å². The van der Waals surface area contributed by atoms with E-state index in [1.165, 1.54) is 0 Å². The topological polar surface area (TPSA) is 37.3 Å². The van der Waals surface area contributed by atoms with Crippen LogP contribution in [0.3, 0.4) is 0 Å². The molecule has 0 fully saturated rings. The van der Waals surface area contributed by atoms with Crippen molar-refractivity contribution in [3.8, 4) is 35.5 Å².